The summed E-state index contributed by atoms with van der Waals surface area (Å²) in [6, 6.07) is 62.9. The van der Waals surface area contributed by atoms with Crippen molar-refractivity contribution in [2.75, 3.05) is 0 Å². The predicted molar refractivity (Wildman–Crippen MR) is 202 cm³/mol. The molecule has 230 valence electrons. The monoisotopic (exact) mass is 627 g/mol. The van der Waals surface area contributed by atoms with E-state index in [1.54, 1.807) is 0 Å². The van der Waals surface area contributed by atoms with Crippen molar-refractivity contribution < 1.29 is 8.99 Å². The third-order valence-electron chi connectivity index (χ3n) is 9.95. The number of benzene rings is 8. The highest BCUT2D eigenvalue weighted by molar-refractivity contribution is 6.16. The van der Waals surface area contributed by atoms with Gasteiger partial charge in [0.2, 0.25) is 0 Å². The van der Waals surface area contributed by atoms with E-state index in [0.29, 0.717) is 0 Å². The van der Waals surface area contributed by atoms with Crippen LogP contribution in [-0.2, 0) is 0 Å². The van der Waals surface area contributed by atoms with E-state index >= 15 is 0 Å². The van der Waals surface area contributed by atoms with Crippen LogP contribution in [0.15, 0.2) is 180 Å². The molecule has 49 heavy (non-hydrogen) atoms. The minimum atomic E-state index is -0.0527. The highest BCUT2D eigenvalue weighted by atomic mass is 16.3. The second-order valence-corrected chi connectivity index (χ2v) is 12.8. The van der Waals surface area contributed by atoms with E-state index in [-0.39, 0.29) is 6.17 Å². The van der Waals surface area contributed by atoms with Crippen LogP contribution in [0.2, 0.25) is 0 Å². The van der Waals surface area contributed by atoms with Gasteiger partial charge in [0.15, 0.2) is 0 Å². The Morgan fingerprint density at radius 3 is 2.00 bits per heavy atom. The lowest BCUT2D eigenvalue weighted by atomic mass is 9.93. The summed E-state index contributed by atoms with van der Waals surface area (Å²) in [6.07, 6.45) is -0.0527. The van der Waals surface area contributed by atoms with Crippen LogP contribution in [0, 0.1) is 0 Å². The number of rotatable bonds is 5. The van der Waals surface area contributed by atoms with Crippen molar-refractivity contribution in [3.8, 4) is 22.3 Å². The Morgan fingerprint density at radius 1 is 0.449 bits per heavy atom. The van der Waals surface area contributed by atoms with Crippen LogP contribution < -0.4 is 5.32 Å². The van der Waals surface area contributed by atoms with Gasteiger partial charge in [-0.3, -0.25) is 0 Å². The maximum absolute atomic E-state index is 6.61. The molecule has 0 fully saturated rings. The van der Waals surface area contributed by atoms with Gasteiger partial charge >= 0.3 is 0 Å². The van der Waals surface area contributed by atoms with Crippen molar-refractivity contribution >= 4 is 55.0 Å². The third kappa shape index (κ3) is 4.55. The van der Waals surface area contributed by atoms with E-state index in [1.165, 1.54) is 49.4 Å². The van der Waals surface area contributed by atoms with Gasteiger partial charge in [-0.2, -0.15) is 4.58 Å². The third-order valence-corrected chi connectivity index (χ3v) is 9.95. The van der Waals surface area contributed by atoms with E-state index in [9.17, 15) is 0 Å². The van der Waals surface area contributed by atoms with E-state index in [4.69, 9.17) is 4.42 Å². The number of amidine groups is 1. The van der Waals surface area contributed by atoms with Crippen molar-refractivity contribution in [2.45, 2.75) is 6.17 Å². The van der Waals surface area contributed by atoms with Crippen molar-refractivity contribution in [2.24, 2.45) is 0 Å². The van der Waals surface area contributed by atoms with Gasteiger partial charge in [0.1, 0.15) is 16.9 Å². The number of hydrogen-bond donors (Lipinski definition) is 1. The molecule has 0 amide bonds. The molecular formula is C46H31N2O+. The lowest BCUT2D eigenvalue weighted by Crippen LogP contribution is -2.51. The molecule has 10 rings (SSSR count). The maximum Gasteiger partial charge on any atom is 0.289 e. The van der Waals surface area contributed by atoms with Gasteiger partial charge in [-0.25, -0.2) is 5.32 Å². The van der Waals surface area contributed by atoms with Gasteiger partial charge in [0.05, 0.1) is 5.56 Å². The number of furan rings is 1. The molecule has 8 aromatic carbocycles. The first-order chi connectivity index (χ1) is 24.3. The molecule has 1 unspecified atom stereocenters. The molecule has 1 aromatic heterocycles. The minimum absolute atomic E-state index is 0.0527. The van der Waals surface area contributed by atoms with E-state index in [2.05, 4.69) is 180 Å². The average molecular weight is 628 g/mol. The molecule has 0 spiro atoms. The molecule has 1 N–H and O–H groups in total. The molecule has 0 saturated heterocycles. The molecule has 3 heteroatoms. The Kier molecular flexibility index (Phi) is 6.25. The van der Waals surface area contributed by atoms with E-state index in [0.717, 1.165) is 39.0 Å². The smallest absolute Gasteiger partial charge is 0.289 e. The minimum Gasteiger partial charge on any atom is -0.456 e. The SMILES string of the molecule is c1ccc(C2=[N+](c3cc(-c4cccc5ccccc45)c4c(c3)oc3ccccc34)C(c3ccc(-c4ccc5ccccc5c4)cc3)N2)cc1. The summed E-state index contributed by atoms with van der Waals surface area (Å²) in [7, 11) is 0. The molecule has 1 aliphatic rings. The van der Waals surface area contributed by atoms with Crippen LogP contribution in [0.4, 0.5) is 5.69 Å². The molecule has 2 heterocycles. The molecule has 0 aliphatic carbocycles. The molecule has 0 radical (unpaired) electrons. The lowest BCUT2D eigenvalue weighted by Gasteiger charge is -2.29. The summed E-state index contributed by atoms with van der Waals surface area (Å²) in [4.78, 5) is 0. The van der Waals surface area contributed by atoms with Crippen molar-refractivity contribution in [3.63, 3.8) is 0 Å². The number of nitrogens with zero attached hydrogens (tertiary/aromatic N) is 1. The fourth-order valence-electron chi connectivity index (χ4n) is 7.53. The molecule has 3 nitrogen and oxygen atoms in total. The van der Waals surface area contributed by atoms with Crippen molar-refractivity contribution in [1.29, 1.82) is 0 Å². The van der Waals surface area contributed by atoms with Gasteiger partial charge in [0, 0.05) is 22.4 Å². The Hall–Kier alpha value is -6.45. The van der Waals surface area contributed by atoms with Gasteiger partial charge in [-0.15, -0.1) is 0 Å². The second-order valence-electron chi connectivity index (χ2n) is 12.8. The maximum atomic E-state index is 6.61. The van der Waals surface area contributed by atoms with Gasteiger partial charge < -0.3 is 4.42 Å². The zero-order valence-electron chi connectivity index (χ0n) is 26.7. The summed E-state index contributed by atoms with van der Waals surface area (Å²) in [5, 5.41) is 11.0. The zero-order chi connectivity index (χ0) is 32.3. The summed E-state index contributed by atoms with van der Waals surface area (Å²) in [6.45, 7) is 0. The van der Waals surface area contributed by atoms with Crippen LogP contribution in [0.1, 0.15) is 17.3 Å². The standard InChI is InChI=1S/C46H30N2O/c1-2-13-33(14-3-1)45-47-46(34-24-21-31(22-25-34)36-26-23-30-11-4-5-15-35(30)27-36)48(45)37-28-41(39-19-10-16-32-12-6-7-17-38(32)39)44-40-18-8-9-20-42(40)49-43(44)29-37/h1-29,46H/p+1. The molecule has 9 aromatic rings. The number of para-hydroxylation sites is 1. The first-order valence-electron chi connectivity index (χ1n) is 16.8. The van der Waals surface area contributed by atoms with E-state index < -0.39 is 0 Å². The Balaban J connectivity index is 1.15. The Bertz CT molecular complexity index is 2730. The molecule has 0 saturated carbocycles. The van der Waals surface area contributed by atoms with Crippen LogP contribution in [-0.4, -0.2) is 10.4 Å². The molecule has 1 atom stereocenters. The molecular weight excluding hydrogens is 597 g/mol. The fraction of sp³-hybridized carbons (Fsp3) is 0.0217. The van der Waals surface area contributed by atoms with Crippen LogP contribution in [0.3, 0.4) is 0 Å². The quantitative estimate of drug-likeness (QED) is 0.192. The highest BCUT2D eigenvalue weighted by Crippen LogP contribution is 2.43. The highest BCUT2D eigenvalue weighted by Gasteiger charge is 2.41. The average Bonchev–Trinajstić information content (AvgIpc) is 3.53. The first-order valence-corrected chi connectivity index (χ1v) is 16.8. The summed E-state index contributed by atoms with van der Waals surface area (Å²) in [5.41, 5.74) is 9.97. The second kappa shape index (κ2) is 11.1. The topological polar surface area (TPSA) is 28.2 Å². The van der Waals surface area contributed by atoms with Crippen molar-refractivity contribution in [3.05, 3.63) is 187 Å². The zero-order valence-corrected chi connectivity index (χ0v) is 26.7. The summed E-state index contributed by atoms with van der Waals surface area (Å²) >= 11 is 0. The number of hydrogen-bond acceptors (Lipinski definition) is 2. The van der Waals surface area contributed by atoms with Crippen LogP contribution in [0.25, 0.3) is 65.7 Å². The van der Waals surface area contributed by atoms with Gasteiger partial charge in [-0.05, 0) is 86.3 Å². The lowest BCUT2D eigenvalue weighted by molar-refractivity contribution is -0.531. The fourth-order valence-corrected chi connectivity index (χ4v) is 7.53. The van der Waals surface area contributed by atoms with Crippen molar-refractivity contribution in [1.82, 2.24) is 5.32 Å². The molecule has 0 bridgehead atoms. The first kappa shape index (κ1) is 27.6. The summed E-state index contributed by atoms with van der Waals surface area (Å²) < 4.78 is 9.03. The Morgan fingerprint density at radius 2 is 1.14 bits per heavy atom. The van der Waals surface area contributed by atoms with Gasteiger partial charge in [-0.1, -0.05) is 127 Å². The van der Waals surface area contributed by atoms with Crippen LogP contribution in [0.5, 0.6) is 0 Å². The largest absolute Gasteiger partial charge is 0.456 e. The number of fused-ring (bicyclic) bond motifs is 5. The predicted octanol–water partition coefficient (Wildman–Crippen LogP) is 11.6. The Labute approximate surface area is 284 Å². The van der Waals surface area contributed by atoms with Gasteiger partial charge in [0.25, 0.3) is 12.0 Å². The van der Waals surface area contributed by atoms with Crippen LogP contribution >= 0.6 is 0 Å². The molecule has 1 aliphatic heterocycles. The summed E-state index contributed by atoms with van der Waals surface area (Å²) in [5.74, 6) is 1.07. The van der Waals surface area contributed by atoms with E-state index in [1.807, 2.05) is 6.07 Å². The normalized spacial score (nSPS) is 14.4. The number of nitrogens with one attached hydrogen (secondary N) is 1.